The fraction of sp³-hybridized carbons (Fsp3) is 0.500. The number of unbranched alkanes of at least 4 members (excludes halogenated alkanes) is 2. The van der Waals surface area contributed by atoms with Crippen LogP contribution >= 0.6 is 0 Å². The monoisotopic (exact) mass is 271 g/mol. The molecule has 0 atom stereocenters. The van der Waals surface area contributed by atoms with Gasteiger partial charge in [-0.1, -0.05) is 12.5 Å². The Kier molecular flexibility index (Phi) is 6.85. The Morgan fingerprint density at radius 1 is 1.26 bits per heavy atom. The summed E-state index contributed by atoms with van der Waals surface area (Å²) < 4.78 is 31.0. The van der Waals surface area contributed by atoms with Crippen molar-refractivity contribution in [2.75, 3.05) is 18.5 Å². The second-order valence-electron chi connectivity index (χ2n) is 4.14. The molecule has 0 bridgehead atoms. The number of nitrogens with one attached hydrogen (secondary N) is 1. The van der Waals surface area contributed by atoms with E-state index in [4.69, 9.17) is 4.74 Å². The minimum atomic E-state index is -0.854. The first-order valence-corrected chi connectivity index (χ1v) is 6.48. The Bertz CT molecular complexity index is 410. The maximum atomic E-state index is 13.3. The Labute approximate surface area is 112 Å². The Balaban J connectivity index is 2.14. The number of halogens is 2. The third-order valence-electron chi connectivity index (χ3n) is 2.63. The number of carbonyl (C=O) groups excluding carboxylic acids is 1. The molecule has 0 saturated heterocycles. The normalized spacial score (nSPS) is 10.3. The molecular weight excluding hydrogens is 252 g/mol. The number of ether oxygens (including phenoxy) is 1. The third-order valence-corrected chi connectivity index (χ3v) is 2.63. The molecule has 1 aromatic carbocycles. The second kappa shape index (κ2) is 8.45. The zero-order chi connectivity index (χ0) is 14.1. The van der Waals surface area contributed by atoms with Crippen LogP contribution < -0.4 is 5.32 Å². The van der Waals surface area contributed by atoms with E-state index in [0.29, 0.717) is 19.6 Å². The Morgan fingerprint density at radius 3 is 2.79 bits per heavy atom. The number of benzene rings is 1. The number of anilines is 1. The van der Waals surface area contributed by atoms with Crippen molar-refractivity contribution < 1.29 is 18.3 Å². The lowest BCUT2D eigenvalue weighted by Gasteiger charge is -2.07. The maximum absolute atomic E-state index is 13.3. The number of hydrogen-bond acceptors (Lipinski definition) is 3. The summed E-state index contributed by atoms with van der Waals surface area (Å²) in [6.07, 6.45) is 2.77. The summed E-state index contributed by atoms with van der Waals surface area (Å²) in [5, 5.41) is 2.84. The molecular formula is C14H19F2NO2. The number of rotatable bonds is 8. The first-order chi connectivity index (χ1) is 9.15. The molecule has 0 unspecified atom stereocenters. The zero-order valence-electron chi connectivity index (χ0n) is 11.0. The van der Waals surface area contributed by atoms with Gasteiger partial charge in [0.1, 0.15) is 0 Å². The predicted molar refractivity (Wildman–Crippen MR) is 69.9 cm³/mol. The van der Waals surface area contributed by atoms with Crippen molar-refractivity contribution in [1.82, 2.24) is 0 Å². The molecule has 3 nitrogen and oxygen atoms in total. The highest BCUT2D eigenvalue weighted by atomic mass is 19.2. The van der Waals surface area contributed by atoms with Crippen molar-refractivity contribution >= 4 is 11.7 Å². The van der Waals surface area contributed by atoms with Crippen LogP contribution in [0.3, 0.4) is 0 Å². The number of esters is 1. The first-order valence-electron chi connectivity index (χ1n) is 6.48. The quantitative estimate of drug-likeness (QED) is 0.581. The van der Waals surface area contributed by atoms with E-state index in [1.165, 1.54) is 12.1 Å². The van der Waals surface area contributed by atoms with Crippen molar-refractivity contribution in [1.29, 1.82) is 0 Å². The van der Waals surface area contributed by atoms with Gasteiger partial charge in [-0.2, -0.15) is 0 Å². The zero-order valence-corrected chi connectivity index (χ0v) is 11.0. The van der Waals surface area contributed by atoms with Gasteiger partial charge in [-0.3, -0.25) is 4.79 Å². The van der Waals surface area contributed by atoms with Crippen LogP contribution in [0.5, 0.6) is 0 Å². The van der Waals surface area contributed by atoms with E-state index in [2.05, 4.69) is 5.32 Å². The van der Waals surface area contributed by atoms with Gasteiger partial charge >= 0.3 is 5.97 Å². The smallest absolute Gasteiger partial charge is 0.305 e. The summed E-state index contributed by atoms with van der Waals surface area (Å²) in [5.41, 5.74) is 0.172. The minimum Gasteiger partial charge on any atom is -0.466 e. The molecule has 1 rings (SSSR count). The molecule has 0 amide bonds. The van der Waals surface area contributed by atoms with Gasteiger partial charge in [0.05, 0.1) is 12.3 Å². The van der Waals surface area contributed by atoms with Crippen molar-refractivity contribution in [3.05, 3.63) is 29.8 Å². The van der Waals surface area contributed by atoms with Crippen molar-refractivity contribution in [3.63, 3.8) is 0 Å². The van der Waals surface area contributed by atoms with E-state index in [-0.39, 0.29) is 11.7 Å². The molecule has 0 spiro atoms. The molecule has 0 aromatic heterocycles. The molecule has 0 aliphatic heterocycles. The first kappa shape index (κ1) is 15.4. The summed E-state index contributed by atoms with van der Waals surface area (Å²) in [6, 6.07) is 4.04. The average Bonchev–Trinajstić information content (AvgIpc) is 2.38. The van der Waals surface area contributed by atoms with Crippen molar-refractivity contribution in [3.8, 4) is 0 Å². The van der Waals surface area contributed by atoms with Gasteiger partial charge in [0.25, 0.3) is 0 Å². The van der Waals surface area contributed by atoms with Crippen LogP contribution in [0, 0.1) is 11.6 Å². The van der Waals surface area contributed by atoms with Crippen LogP contribution in [0.15, 0.2) is 18.2 Å². The van der Waals surface area contributed by atoms with E-state index in [0.717, 1.165) is 25.3 Å². The number of carbonyl (C=O) groups is 1. The third kappa shape index (κ3) is 5.68. The highest BCUT2D eigenvalue weighted by Crippen LogP contribution is 2.16. The van der Waals surface area contributed by atoms with Crippen molar-refractivity contribution in [2.24, 2.45) is 0 Å². The van der Waals surface area contributed by atoms with E-state index in [1.54, 1.807) is 6.92 Å². The molecule has 0 aliphatic carbocycles. The summed E-state index contributed by atoms with van der Waals surface area (Å²) in [6.45, 7) is 2.72. The molecule has 0 saturated carbocycles. The SMILES string of the molecule is CCOC(=O)CCCCCNc1cccc(F)c1F. The van der Waals surface area contributed by atoms with Crippen LogP contribution in [-0.2, 0) is 9.53 Å². The highest BCUT2D eigenvalue weighted by Gasteiger charge is 2.06. The van der Waals surface area contributed by atoms with Gasteiger partial charge in [-0.15, -0.1) is 0 Å². The Morgan fingerprint density at radius 2 is 2.05 bits per heavy atom. The van der Waals surface area contributed by atoms with Crippen LogP contribution in [0.25, 0.3) is 0 Å². The van der Waals surface area contributed by atoms with Crippen LogP contribution in [0.1, 0.15) is 32.6 Å². The predicted octanol–water partition coefficient (Wildman–Crippen LogP) is 3.50. The van der Waals surface area contributed by atoms with Gasteiger partial charge < -0.3 is 10.1 Å². The summed E-state index contributed by atoms with van der Waals surface area (Å²) in [4.78, 5) is 11.1. The molecule has 19 heavy (non-hydrogen) atoms. The van der Waals surface area contributed by atoms with E-state index < -0.39 is 11.6 Å². The summed E-state index contributed by atoms with van der Waals surface area (Å²) in [7, 11) is 0. The fourth-order valence-corrected chi connectivity index (χ4v) is 1.67. The lowest BCUT2D eigenvalue weighted by atomic mass is 10.2. The van der Waals surface area contributed by atoms with E-state index in [9.17, 15) is 13.6 Å². The average molecular weight is 271 g/mol. The maximum Gasteiger partial charge on any atom is 0.305 e. The Hall–Kier alpha value is -1.65. The standard InChI is InChI=1S/C14H19F2NO2/c1-2-19-13(18)9-4-3-5-10-17-12-8-6-7-11(15)14(12)16/h6-8,17H,2-5,9-10H2,1H3. The highest BCUT2D eigenvalue weighted by molar-refractivity contribution is 5.69. The van der Waals surface area contributed by atoms with Crippen molar-refractivity contribution in [2.45, 2.75) is 32.6 Å². The minimum absolute atomic E-state index is 0.172. The summed E-state index contributed by atoms with van der Waals surface area (Å²) in [5.74, 6) is -1.90. The van der Waals surface area contributed by atoms with E-state index in [1.807, 2.05) is 0 Å². The summed E-state index contributed by atoms with van der Waals surface area (Å²) >= 11 is 0. The molecule has 106 valence electrons. The van der Waals surface area contributed by atoms with Crippen LogP contribution in [-0.4, -0.2) is 19.1 Å². The molecule has 0 radical (unpaired) electrons. The van der Waals surface area contributed by atoms with Crippen LogP contribution in [0.4, 0.5) is 14.5 Å². The van der Waals surface area contributed by atoms with Gasteiger partial charge in [0, 0.05) is 13.0 Å². The molecule has 1 aromatic rings. The molecule has 0 heterocycles. The van der Waals surface area contributed by atoms with Gasteiger partial charge in [0.15, 0.2) is 11.6 Å². The van der Waals surface area contributed by atoms with Crippen LogP contribution in [0.2, 0.25) is 0 Å². The molecule has 1 N–H and O–H groups in total. The lowest BCUT2D eigenvalue weighted by Crippen LogP contribution is -2.06. The fourth-order valence-electron chi connectivity index (χ4n) is 1.67. The molecule has 0 fully saturated rings. The lowest BCUT2D eigenvalue weighted by molar-refractivity contribution is -0.143. The largest absolute Gasteiger partial charge is 0.466 e. The van der Waals surface area contributed by atoms with Gasteiger partial charge in [-0.25, -0.2) is 8.78 Å². The molecule has 5 heteroatoms. The van der Waals surface area contributed by atoms with E-state index >= 15 is 0 Å². The van der Waals surface area contributed by atoms with Gasteiger partial charge in [0.2, 0.25) is 0 Å². The topological polar surface area (TPSA) is 38.3 Å². The van der Waals surface area contributed by atoms with Gasteiger partial charge in [-0.05, 0) is 31.9 Å². The second-order valence-corrected chi connectivity index (χ2v) is 4.14. The molecule has 0 aliphatic rings. The number of hydrogen-bond donors (Lipinski definition) is 1.